The van der Waals surface area contributed by atoms with Crippen molar-refractivity contribution in [3.63, 3.8) is 0 Å². The number of hydrogen-bond donors (Lipinski definition) is 2. The quantitative estimate of drug-likeness (QED) is 0.724. The maximum absolute atomic E-state index is 12.8. The Morgan fingerprint density at radius 3 is 2.55 bits per heavy atom. The molecule has 1 saturated carbocycles. The predicted molar refractivity (Wildman–Crippen MR) is 105 cm³/mol. The van der Waals surface area contributed by atoms with Gasteiger partial charge in [0.2, 0.25) is 0 Å². The van der Waals surface area contributed by atoms with E-state index in [0.717, 1.165) is 5.56 Å². The lowest BCUT2D eigenvalue weighted by Crippen LogP contribution is -2.47. The van der Waals surface area contributed by atoms with E-state index in [2.05, 4.69) is 20.4 Å². The molecule has 0 atom stereocenters. The zero-order valence-electron chi connectivity index (χ0n) is 16.6. The molecule has 0 aromatic carbocycles. The van der Waals surface area contributed by atoms with E-state index in [-0.39, 0.29) is 24.6 Å². The number of rotatable bonds is 7. The second-order valence-electron chi connectivity index (χ2n) is 7.02. The average Bonchev–Trinajstić information content (AvgIpc) is 3.14. The van der Waals surface area contributed by atoms with Crippen molar-refractivity contribution in [1.82, 2.24) is 25.1 Å². The van der Waals surface area contributed by atoms with Gasteiger partial charge in [0.15, 0.2) is 5.82 Å². The molecule has 2 aromatic rings. The number of hydrogen-bond acceptors (Lipinski definition) is 6. The Hall–Kier alpha value is -3.01. The van der Waals surface area contributed by atoms with Gasteiger partial charge < -0.3 is 15.2 Å². The van der Waals surface area contributed by atoms with Crippen LogP contribution in [-0.2, 0) is 16.6 Å². The van der Waals surface area contributed by atoms with Crippen LogP contribution in [0.1, 0.15) is 32.6 Å². The Morgan fingerprint density at radius 1 is 1.24 bits per heavy atom. The van der Waals surface area contributed by atoms with Gasteiger partial charge in [-0.1, -0.05) is 0 Å². The number of nitrogens with one attached hydrogen (secondary N) is 1. The molecule has 1 aliphatic carbocycles. The van der Waals surface area contributed by atoms with Gasteiger partial charge in [-0.25, -0.2) is 9.78 Å². The third kappa shape index (κ3) is 5.29. The van der Waals surface area contributed by atoms with Gasteiger partial charge in [-0.05, 0) is 32.6 Å². The maximum atomic E-state index is 12.8. The van der Waals surface area contributed by atoms with E-state index >= 15 is 0 Å². The molecule has 156 valence electrons. The lowest BCUT2D eigenvalue weighted by Gasteiger charge is -2.36. The van der Waals surface area contributed by atoms with Crippen molar-refractivity contribution in [2.24, 2.45) is 7.05 Å². The molecule has 0 bridgehead atoms. The first-order chi connectivity index (χ1) is 14.0. The molecule has 2 N–H and O–H groups in total. The van der Waals surface area contributed by atoms with Crippen molar-refractivity contribution < 1.29 is 19.4 Å². The monoisotopic (exact) mass is 402 g/mol. The highest BCUT2D eigenvalue weighted by Crippen LogP contribution is 2.27. The fraction of sp³-hybridized carbons (Fsp3) is 0.526. The molecule has 10 heteroatoms. The van der Waals surface area contributed by atoms with Gasteiger partial charge in [-0.3, -0.25) is 19.4 Å². The molecule has 0 saturated heterocycles. The molecular formula is C19H26N6O4. The van der Waals surface area contributed by atoms with Gasteiger partial charge in [0.05, 0.1) is 24.3 Å². The highest BCUT2D eigenvalue weighted by molar-refractivity contribution is 5.94. The Balaban J connectivity index is 1.77. The molecule has 0 radical (unpaired) electrons. The molecule has 10 nitrogen and oxygen atoms in total. The van der Waals surface area contributed by atoms with Crippen molar-refractivity contribution in [1.29, 1.82) is 0 Å². The highest BCUT2D eigenvalue weighted by Gasteiger charge is 2.31. The third-order valence-electron chi connectivity index (χ3n) is 4.97. The Morgan fingerprint density at radius 2 is 2.00 bits per heavy atom. The Kier molecular flexibility index (Phi) is 6.76. The Labute approximate surface area is 168 Å². The standard InChI is InChI=1S/C19H26N6O4/c1-3-29-12-18(26)25(15-6-4-14(5-7-15)23-19(27)28)17-10-20-16(9-21-17)13-8-22-24(2)11-13/h8-11,14-15,23H,3-7,12H2,1-2H3,(H,27,28)/t14-,15-. The molecular weight excluding hydrogens is 376 g/mol. The summed E-state index contributed by atoms with van der Waals surface area (Å²) in [5, 5.41) is 15.6. The van der Waals surface area contributed by atoms with Gasteiger partial charge in [0, 0.05) is 37.5 Å². The molecule has 0 unspecified atom stereocenters. The smallest absolute Gasteiger partial charge is 0.404 e. The van der Waals surface area contributed by atoms with Gasteiger partial charge in [-0.2, -0.15) is 5.10 Å². The number of ether oxygens (including phenoxy) is 1. The Bertz CT molecular complexity index is 829. The van der Waals surface area contributed by atoms with Crippen LogP contribution in [0.5, 0.6) is 0 Å². The van der Waals surface area contributed by atoms with Crippen LogP contribution in [0.25, 0.3) is 11.3 Å². The zero-order chi connectivity index (χ0) is 20.8. The molecule has 2 aromatic heterocycles. The first kappa shape index (κ1) is 20.7. The topological polar surface area (TPSA) is 122 Å². The lowest BCUT2D eigenvalue weighted by molar-refractivity contribution is -0.123. The molecule has 2 amide bonds. The number of nitrogens with zero attached hydrogens (tertiary/aromatic N) is 5. The molecule has 2 heterocycles. The minimum atomic E-state index is -1.02. The van der Waals surface area contributed by atoms with E-state index in [1.807, 2.05) is 20.2 Å². The minimum absolute atomic E-state index is 0.0319. The van der Waals surface area contributed by atoms with Crippen LogP contribution in [0, 0.1) is 0 Å². The fourth-order valence-electron chi connectivity index (χ4n) is 3.58. The third-order valence-corrected chi connectivity index (χ3v) is 4.97. The van der Waals surface area contributed by atoms with E-state index in [1.165, 1.54) is 0 Å². The largest absolute Gasteiger partial charge is 0.465 e. The second kappa shape index (κ2) is 9.46. The number of carbonyl (C=O) groups excluding carboxylic acids is 1. The summed E-state index contributed by atoms with van der Waals surface area (Å²) in [5.41, 5.74) is 1.52. The summed E-state index contributed by atoms with van der Waals surface area (Å²) in [5.74, 6) is 0.293. The van der Waals surface area contributed by atoms with E-state index in [0.29, 0.717) is 43.8 Å². The van der Waals surface area contributed by atoms with Gasteiger partial charge in [-0.15, -0.1) is 0 Å². The fourth-order valence-corrected chi connectivity index (χ4v) is 3.58. The van der Waals surface area contributed by atoms with Crippen molar-refractivity contribution >= 4 is 17.8 Å². The molecule has 29 heavy (non-hydrogen) atoms. The molecule has 1 aliphatic rings. The van der Waals surface area contributed by atoms with Crippen molar-refractivity contribution in [3.8, 4) is 11.3 Å². The normalized spacial score (nSPS) is 19.0. The molecule has 0 aliphatic heterocycles. The van der Waals surface area contributed by atoms with Crippen molar-refractivity contribution in [2.45, 2.75) is 44.7 Å². The number of aryl methyl sites for hydroxylation is 1. The number of carbonyl (C=O) groups is 2. The lowest BCUT2D eigenvalue weighted by atomic mass is 9.90. The SMILES string of the molecule is CCOCC(=O)N(c1cnc(-c2cnn(C)c2)cn1)[C@H]1CC[C@H](NC(=O)O)CC1. The van der Waals surface area contributed by atoms with Crippen LogP contribution in [-0.4, -0.2) is 62.2 Å². The zero-order valence-corrected chi connectivity index (χ0v) is 16.6. The minimum Gasteiger partial charge on any atom is -0.465 e. The maximum Gasteiger partial charge on any atom is 0.404 e. The first-order valence-corrected chi connectivity index (χ1v) is 9.68. The summed E-state index contributed by atoms with van der Waals surface area (Å²) in [4.78, 5) is 34.3. The molecule has 3 rings (SSSR count). The summed E-state index contributed by atoms with van der Waals surface area (Å²) in [6.07, 6.45) is 8.43. The van der Waals surface area contributed by atoms with Crippen LogP contribution in [0.3, 0.4) is 0 Å². The van der Waals surface area contributed by atoms with Crippen LogP contribution in [0.2, 0.25) is 0 Å². The van der Waals surface area contributed by atoms with Crippen molar-refractivity contribution in [2.75, 3.05) is 18.1 Å². The van der Waals surface area contributed by atoms with Gasteiger partial charge >= 0.3 is 6.09 Å². The summed E-state index contributed by atoms with van der Waals surface area (Å²) >= 11 is 0. The van der Waals surface area contributed by atoms with Crippen molar-refractivity contribution in [3.05, 3.63) is 24.8 Å². The number of anilines is 1. The summed E-state index contributed by atoms with van der Waals surface area (Å²) < 4.78 is 7.00. The van der Waals surface area contributed by atoms with Gasteiger partial charge in [0.1, 0.15) is 6.61 Å². The molecule has 0 spiro atoms. The van der Waals surface area contributed by atoms with Gasteiger partial charge in [0.25, 0.3) is 5.91 Å². The highest BCUT2D eigenvalue weighted by atomic mass is 16.5. The van der Waals surface area contributed by atoms with E-state index in [9.17, 15) is 9.59 Å². The van der Waals surface area contributed by atoms with Crippen LogP contribution >= 0.6 is 0 Å². The number of aromatic nitrogens is 4. The van der Waals surface area contributed by atoms with E-state index < -0.39 is 6.09 Å². The van der Waals surface area contributed by atoms with Crippen LogP contribution in [0.4, 0.5) is 10.6 Å². The predicted octanol–water partition coefficient (Wildman–Crippen LogP) is 1.83. The summed E-state index contributed by atoms with van der Waals surface area (Å²) in [6.45, 7) is 2.25. The number of amides is 2. The van der Waals surface area contributed by atoms with Crippen LogP contribution in [0.15, 0.2) is 24.8 Å². The molecule has 1 fully saturated rings. The second-order valence-corrected chi connectivity index (χ2v) is 7.02. The average molecular weight is 402 g/mol. The summed E-state index contributed by atoms with van der Waals surface area (Å²) in [6, 6.07) is -0.167. The van der Waals surface area contributed by atoms with Crippen LogP contribution < -0.4 is 10.2 Å². The number of carboxylic acid groups (broad SMARTS) is 1. The van der Waals surface area contributed by atoms with E-state index in [4.69, 9.17) is 9.84 Å². The van der Waals surface area contributed by atoms with E-state index in [1.54, 1.807) is 28.2 Å². The summed E-state index contributed by atoms with van der Waals surface area (Å²) in [7, 11) is 1.83. The first-order valence-electron chi connectivity index (χ1n) is 9.68.